The first-order valence-corrected chi connectivity index (χ1v) is 27.3. The lowest BCUT2D eigenvalue weighted by Crippen LogP contribution is -2.42. The number of Topliss-reactive ketones (excluding diaryl/α,β-unsaturated/α-hetero) is 2. The van der Waals surface area contributed by atoms with Crippen molar-refractivity contribution < 1.29 is 38.3 Å². The normalized spacial score (nSPS) is 11.3. The molecule has 7 aromatic rings. The summed E-state index contributed by atoms with van der Waals surface area (Å²) >= 11 is 0. The predicted molar refractivity (Wildman–Crippen MR) is 330 cm³/mol. The highest BCUT2D eigenvalue weighted by Gasteiger charge is 2.24. The topological polar surface area (TPSA) is 208 Å². The molecule has 0 bridgehead atoms. The Labute approximate surface area is 484 Å². The minimum atomic E-state index is -0.740. The SMILES string of the molecule is CC(=O)C(C)C.CON(C)C(=O)C(C)C.Cc1cccc(C)c1C(=O)Nc1ccccc1.Cc1cccc(CC(=O)C(C)NC(=O)OC(C)(C)C)c1C(=O)Nc1ccccc1.Cc1cccc2cc([C@H](C)N)n(-c3ccccc3)c(=O)c12. The minimum Gasteiger partial charge on any atom is -0.444 e. The summed E-state index contributed by atoms with van der Waals surface area (Å²) in [4.78, 5) is 88.2. The number of rotatable bonds is 13. The van der Waals surface area contributed by atoms with E-state index in [0.29, 0.717) is 16.8 Å². The minimum absolute atomic E-state index is 0.00231. The van der Waals surface area contributed by atoms with Crippen molar-refractivity contribution in [3.8, 4) is 5.69 Å². The number of pyridine rings is 1. The Morgan fingerprint density at radius 3 is 1.49 bits per heavy atom. The molecule has 7 rings (SSSR count). The first kappa shape index (κ1) is 67.7. The number of fused-ring (bicyclic) bond motifs is 1. The summed E-state index contributed by atoms with van der Waals surface area (Å²) in [5.41, 5.74) is 14.2. The van der Waals surface area contributed by atoms with Gasteiger partial charge in [-0.15, -0.1) is 0 Å². The van der Waals surface area contributed by atoms with Gasteiger partial charge in [0.05, 0.1) is 18.5 Å². The van der Waals surface area contributed by atoms with E-state index in [4.69, 9.17) is 10.5 Å². The van der Waals surface area contributed by atoms with Gasteiger partial charge in [-0.3, -0.25) is 38.2 Å². The van der Waals surface area contributed by atoms with Crippen LogP contribution in [-0.4, -0.2) is 70.8 Å². The number of anilines is 2. The highest BCUT2D eigenvalue weighted by molar-refractivity contribution is 6.07. The molecule has 5 N–H and O–H groups in total. The summed E-state index contributed by atoms with van der Waals surface area (Å²) in [6.45, 7) is 25.5. The van der Waals surface area contributed by atoms with Crippen LogP contribution in [0, 0.1) is 39.5 Å². The van der Waals surface area contributed by atoms with E-state index >= 15 is 0 Å². The maximum atomic E-state index is 13.0. The molecule has 1 heterocycles. The number of carbonyl (C=O) groups is 6. The zero-order valence-electron chi connectivity index (χ0n) is 50.6. The van der Waals surface area contributed by atoms with Gasteiger partial charge in [-0.05, 0) is 145 Å². The number of hydrogen-bond donors (Lipinski definition) is 4. The average Bonchev–Trinajstić information content (AvgIpc) is 3.12. The fourth-order valence-corrected chi connectivity index (χ4v) is 7.90. The number of aryl methyl sites for hydroxylation is 4. The third kappa shape index (κ3) is 21.5. The molecule has 0 aliphatic rings. The average molecular weight is 1120 g/mol. The molecule has 6 aromatic carbocycles. The van der Waals surface area contributed by atoms with Crippen LogP contribution in [0.3, 0.4) is 0 Å². The molecule has 0 aliphatic heterocycles. The highest BCUT2D eigenvalue weighted by atomic mass is 16.7. The van der Waals surface area contributed by atoms with Crippen LogP contribution in [0.4, 0.5) is 16.2 Å². The lowest BCUT2D eigenvalue weighted by atomic mass is 9.95. The van der Waals surface area contributed by atoms with Gasteiger partial charge in [0, 0.05) is 65.2 Å². The molecule has 436 valence electrons. The molecule has 1 unspecified atom stereocenters. The number of ketones is 2. The summed E-state index contributed by atoms with van der Waals surface area (Å²) < 4.78 is 6.91. The van der Waals surface area contributed by atoms with Gasteiger partial charge in [0.2, 0.25) is 5.91 Å². The van der Waals surface area contributed by atoms with E-state index in [1.165, 1.54) is 12.2 Å². The van der Waals surface area contributed by atoms with E-state index < -0.39 is 17.7 Å². The van der Waals surface area contributed by atoms with Crippen LogP contribution in [0.15, 0.2) is 156 Å². The third-order valence-corrected chi connectivity index (χ3v) is 12.6. The van der Waals surface area contributed by atoms with Gasteiger partial charge in [-0.25, -0.2) is 9.86 Å². The first-order valence-electron chi connectivity index (χ1n) is 27.3. The van der Waals surface area contributed by atoms with Crippen molar-refractivity contribution in [2.75, 3.05) is 24.8 Å². The lowest BCUT2D eigenvalue weighted by Gasteiger charge is -2.21. The summed E-state index contributed by atoms with van der Waals surface area (Å²) in [5, 5.41) is 11.2. The molecule has 0 radical (unpaired) electrons. The van der Waals surface area contributed by atoms with Crippen molar-refractivity contribution >= 4 is 57.5 Å². The van der Waals surface area contributed by atoms with Crippen LogP contribution in [0.1, 0.15) is 130 Å². The second-order valence-corrected chi connectivity index (χ2v) is 21.3. The van der Waals surface area contributed by atoms with Crippen molar-refractivity contribution in [1.29, 1.82) is 0 Å². The number of ether oxygens (including phenoxy) is 1. The van der Waals surface area contributed by atoms with E-state index in [1.807, 2.05) is 196 Å². The van der Waals surface area contributed by atoms with Crippen LogP contribution in [0.2, 0.25) is 0 Å². The number of nitrogens with zero attached hydrogens (tertiary/aromatic N) is 2. The number of amides is 4. The van der Waals surface area contributed by atoms with Gasteiger partial charge in [0.1, 0.15) is 11.4 Å². The third-order valence-electron chi connectivity index (χ3n) is 12.6. The quantitative estimate of drug-likeness (QED) is 0.0803. The molecule has 15 nitrogen and oxygen atoms in total. The molecule has 0 fully saturated rings. The predicted octanol–water partition coefficient (Wildman–Crippen LogP) is 13.0. The van der Waals surface area contributed by atoms with Gasteiger partial charge < -0.3 is 26.4 Å². The van der Waals surface area contributed by atoms with Crippen LogP contribution in [-0.2, 0) is 30.4 Å². The number of alkyl carbamates (subject to hydrolysis) is 1. The molecule has 0 saturated carbocycles. The van der Waals surface area contributed by atoms with Gasteiger partial charge in [-0.1, -0.05) is 137 Å². The number of hydrogen-bond acceptors (Lipinski definition) is 10. The smallest absolute Gasteiger partial charge is 0.408 e. The molecule has 15 heteroatoms. The van der Waals surface area contributed by atoms with Crippen molar-refractivity contribution in [1.82, 2.24) is 14.9 Å². The standard InChI is InChI=1S/C23H28N2O4.C18H18N2O.C15H15NO.C6H13NO2.C5H10O/c1-15-10-9-11-17(20(15)21(27)25-18-12-7-6-8-13-18)14-19(26)16(2)24-22(28)29-23(3,4)5;1-12-7-6-8-14-11-16(13(2)19)20(18(21)17(12)14)15-9-4-3-5-10-15;1-11-7-6-8-12(2)14(11)15(17)16-13-9-4-3-5-10-13;1-5(2)6(8)7(3)9-4;1-4(2)5(3)6/h6-13,16H,14H2,1-5H3,(H,24,28)(H,25,27);3-11,13H,19H2,1-2H3;3-10H,1-2H3,(H,16,17);5H,1-4H3;4H,1-3H3/t;13-;;;/m.0.../s1. The first-order chi connectivity index (χ1) is 38.6. The maximum absolute atomic E-state index is 13.0. The zero-order valence-corrected chi connectivity index (χ0v) is 50.6. The summed E-state index contributed by atoms with van der Waals surface area (Å²) in [7, 11) is 3.07. The summed E-state index contributed by atoms with van der Waals surface area (Å²) in [5.74, 6) is -0.0562. The lowest BCUT2D eigenvalue weighted by molar-refractivity contribution is -0.172. The number of carbonyl (C=O) groups excluding carboxylic acids is 6. The van der Waals surface area contributed by atoms with Gasteiger partial charge >= 0.3 is 6.09 Å². The molecule has 0 spiro atoms. The Kier molecular flexibility index (Phi) is 27.0. The second kappa shape index (κ2) is 32.7. The van der Waals surface area contributed by atoms with Crippen molar-refractivity contribution in [2.24, 2.45) is 17.6 Å². The van der Waals surface area contributed by atoms with E-state index in [9.17, 15) is 33.6 Å². The molecule has 1 aromatic heterocycles. The van der Waals surface area contributed by atoms with Gasteiger partial charge in [0.15, 0.2) is 5.78 Å². The van der Waals surface area contributed by atoms with E-state index in [2.05, 4.69) is 20.8 Å². The summed E-state index contributed by atoms with van der Waals surface area (Å²) in [6, 6.07) is 46.5. The Bertz CT molecular complexity index is 3270. The number of para-hydroxylation sites is 3. The van der Waals surface area contributed by atoms with Crippen LogP contribution in [0.5, 0.6) is 0 Å². The zero-order chi connectivity index (χ0) is 61.4. The number of nitrogens with two attached hydrogens (primary N) is 1. The largest absolute Gasteiger partial charge is 0.444 e. The van der Waals surface area contributed by atoms with Crippen LogP contribution >= 0.6 is 0 Å². The van der Waals surface area contributed by atoms with Crippen molar-refractivity contribution in [3.05, 3.63) is 207 Å². The number of hydroxylamine groups is 2. The number of nitrogens with one attached hydrogen (secondary N) is 3. The van der Waals surface area contributed by atoms with Crippen molar-refractivity contribution in [2.45, 2.75) is 121 Å². The Morgan fingerprint density at radius 1 is 0.610 bits per heavy atom. The molecular formula is C67H84N6O9. The fourth-order valence-electron chi connectivity index (χ4n) is 7.90. The van der Waals surface area contributed by atoms with Gasteiger partial charge in [-0.2, -0.15) is 0 Å². The number of benzene rings is 6. The maximum Gasteiger partial charge on any atom is 0.408 e. The Hall–Kier alpha value is -8.53. The molecule has 2 atom stereocenters. The summed E-state index contributed by atoms with van der Waals surface area (Å²) in [6.07, 6.45) is -0.624. The molecule has 0 saturated heterocycles. The molecule has 82 heavy (non-hydrogen) atoms. The van der Waals surface area contributed by atoms with Crippen molar-refractivity contribution in [3.63, 3.8) is 0 Å². The molecule has 4 amide bonds. The molecular weight excluding hydrogens is 1030 g/mol. The second-order valence-electron chi connectivity index (χ2n) is 21.3. The van der Waals surface area contributed by atoms with E-state index in [0.717, 1.165) is 55.7 Å². The Morgan fingerprint density at radius 2 is 1.05 bits per heavy atom. The fraction of sp³-hybridized carbons (Fsp3) is 0.328. The monoisotopic (exact) mass is 1120 g/mol. The van der Waals surface area contributed by atoms with E-state index in [-0.39, 0.29) is 59.1 Å². The highest BCUT2D eigenvalue weighted by Crippen LogP contribution is 2.23. The van der Waals surface area contributed by atoms with Gasteiger partial charge in [0.25, 0.3) is 17.4 Å². The Balaban J connectivity index is 0.000000293. The van der Waals surface area contributed by atoms with E-state index in [1.54, 1.807) is 64.4 Å². The van der Waals surface area contributed by atoms with Crippen LogP contribution < -0.4 is 27.2 Å². The number of aromatic nitrogens is 1. The van der Waals surface area contributed by atoms with Crippen LogP contribution in [0.25, 0.3) is 16.5 Å². The molecule has 0 aliphatic carbocycles.